The molecule has 1 heterocycles. The van der Waals surface area contributed by atoms with E-state index >= 15 is 0 Å². The zero-order valence-electron chi connectivity index (χ0n) is 5.00. The second-order valence-electron chi connectivity index (χ2n) is 2.29. The molecule has 1 fully saturated rings. The quantitative estimate of drug-likeness (QED) is 0.503. The Hall–Kier alpha value is -0.600. The SMILES string of the molecule is [C]1=CC2ONCC2C=C1. The van der Waals surface area contributed by atoms with Crippen LogP contribution in [0.1, 0.15) is 0 Å². The summed E-state index contributed by atoms with van der Waals surface area (Å²) in [5, 5.41) is 0. The molecule has 1 aliphatic carbocycles. The van der Waals surface area contributed by atoms with Crippen LogP contribution in [0.2, 0.25) is 0 Å². The number of rotatable bonds is 0. The van der Waals surface area contributed by atoms with Gasteiger partial charge in [0, 0.05) is 12.5 Å². The van der Waals surface area contributed by atoms with Crippen molar-refractivity contribution in [2.45, 2.75) is 6.10 Å². The van der Waals surface area contributed by atoms with Crippen LogP contribution in [-0.4, -0.2) is 12.6 Å². The van der Waals surface area contributed by atoms with Crippen LogP contribution < -0.4 is 5.48 Å². The Morgan fingerprint density at radius 2 is 2.67 bits per heavy atom. The van der Waals surface area contributed by atoms with Crippen molar-refractivity contribution in [1.82, 2.24) is 5.48 Å². The highest BCUT2D eigenvalue weighted by Gasteiger charge is 2.24. The molecule has 2 atom stereocenters. The van der Waals surface area contributed by atoms with Gasteiger partial charge >= 0.3 is 0 Å². The summed E-state index contributed by atoms with van der Waals surface area (Å²) < 4.78 is 0. The Morgan fingerprint density at radius 3 is 3.56 bits per heavy atom. The maximum atomic E-state index is 5.14. The van der Waals surface area contributed by atoms with Gasteiger partial charge in [0.1, 0.15) is 6.10 Å². The van der Waals surface area contributed by atoms with Crippen molar-refractivity contribution < 1.29 is 4.84 Å². The highest BCUT2D eigenvalue weighted by molar-refractivity contribution is 5.12. The van der Waals surface area contributed by atoms with E-state index in [4.69, 9.17) is 4.84 Å². The first-order valence-corrected chi connectivity index (χ1v) is 3.11. The van der Waals surface area contributed by atoms with E-state index in [2.05, 4.69) is 17.6 Å². The van der Waals surface area contributed by atoms with Crippen molar-refractivity contribution in [3.05, 3.63) is 24.3 Å². The first kappa shape index (κ1) is 5.21. The van der Waals surface area contributed by atoms with Gasteiger partial charge in [0.05, 0.1) is 0 Å². The van der Waals surface area contributed by atoms with E-state index in [0.717, 1.165) is 6.54 Å². The topological polar surface area (TPSA) is 21.3 Å². The summed E-state index contributed by atoms with van der Waals surface area (Å²) in [5.74, 6) is 0.534. The van der Waals surface area contributed by atoms with Gasteiger partial charge in [0.2, 0.25) is 0 Å². The molecule has 2 aliphatic rings. The molecule has 1 saturated heterocycles. The van der Waals surface area contributed by atoms with Crippen LogP contribution in [0.3, 0.4) is 0 Å². The molecule has 0 amide bonds. The minimum absolute atomic E-state index is 0.231. The average Bonchev–Trinajstić information content (AvgIpc) is 2.33. The number of allylic oxidation sites excluding steroid dienone is 2. The molecule has 2 unspecified atom stereocenters. The van der Waals surface area contributed by atoms with Gasteiger partial charge < -0.3 is 0 Å². The highest BCUT2D eigenvalue weighted by Crippen LogP contribution is 2.18. The predicted octanol–water partition coefficient (Wildman–Crippen LogP) is 0.435. The second-order valence-corrected chi connectivity index (χ2v) is 2.29. The fourth-order valence-corrected chi connectivity index (χ4v) is 1.11. The zero-order chi connectivity index (χ0) is 6.10. The monoisotopic (exact) mass is 122 g/mol. The maximum absolute atomic E-state index is 5.14. The summed E-state index contributed by atoms with van der Waals surface area (Å²) in [5.41, 5.74) is 2.84. The molecule has 2 nitrogen and oxygen atoms in total. The first-order valence-electron chi connectivity index (χ1n) is 3.11. The molecule has 1 N–H and O–H groups in total. The normalized spacial score (nSPS) is 39.1. The van der Waals surface area contributed by atoms with E-state index in [1.54, 1.807) is 0 Å². The Balaban J connectivity index is 2.18. The highest BCUT2D eigenvalue weighted by atomic mass is 16.7. The van der Waals surface area contributed by atoms with E-state index < -0.39 is 0 Å². The molecule has 47 valence electrons. The number of fused-ring (bicyclic) bond motifs is 1. The van der Waals surface area contributed by atoms with Crippen LogP contribution in [0.15, 0.2) is 18.2 Å². The molecule has 0 bridgehead atoms. The molecule has 1 radical (unpaired) electrons. The number of nitrogens with one attached hydrogen (secondary N) is 1. The van der Waals surface area contributed by atoms with Crippen LogP contribution in [0, 0.1) is 12.0 Å². The zero-order valence-corrected chi connectivity index (χ0v) is 5.00. The van der Waals surface area contributed by atoms with Crippen LogP contribution in [0.25, 0.3) is 0 Å². The molecule has 1 aliphatic heterocycles. The largest absolute Gasteiger partial charge is 0.294 e. The smallest absolute Gasteiger partial charge is 0.106 e. The van der Waals surface area contributed by atoms with Gasteiger partial charge in [-0.15, -0.1) is 0 Å². The summed E-state index contributed by atoms with van der Waals surface area (Å²) in [6, 6.07) is 0. The van der Waals surface area contributed by atoms with Crippen molar-refractivity contribution >= 4 is 0 Å². The number of hydroxylamine groups is 1. The lowest BCUT2D eigenvalue weighted by Gasteiger charge is -2.09. The molecule has 0 aromatic carbocycles. The fraction of sp³-hybridized carbons (Fsp3) is 0.429. The Bertz CT molecular complexity index is 144. The van der Waals surface area contributed by atoms with E-state index in [-0.39, 0.29) is 6.10 Å². The molecule has 9 heavy (non-hydrogen) atoms. The minimum atomic E-state index is 0.231. The lowest BCUT2D eigenvalue weighted by atomic mass is 9.99. The van der Waals surface area contributed by atoms with E-state index in [1.807, 2.05) is 12.2 Å². The molecule has 2 rings (SSSR count). The number of hydrogen-bond acceptors (Lipinski definition) is 2. The summed E-state index contributed by atoms with van der Waals surface area (Å²) >= 11 is 0. The molecule has 0 aromatic heterocycles. The van der Waals surface area contributed by atoms with Crippen molar-refractivity contribution in [3.8, 4) is 0 Å². The van der Waals surface area contributed by atoms with Crippen LogP contribution in [0.5, 0.6) is 0 Å². The summed E-state index contributed by atoms with van der Waals surface area (Å²) in [4.78, 5) is 5.14. The molecule has 2 heteroatoms. The summed E-state index contributed by atoms with van der Waals surface area (Å²) in [6.45, 7) is 0.930. The Kier molecular flexibility index (Phi) is 1.14. The Morgan fingerprint density at radius 1 is 1.67 bits per heavy atom. The van der Waals surface area contributed by atoms with Crippen LogP contribution in [-0.2, 0) is 4.84 Å². The van der Waals surface area contributed by atoms with Crippen molar-refractivity contribution in [1.29, 1.82) is 0 Å². The van der Waals surface area contributed by atoms with Gasteiger partial charge in [-0.2, -0.15) is 0 Å². The lowest BCUT2D eigenvalue weighted by Crippen LogP contribution is -2.13. The third-order valence-corrected chi connectivity index (χ3v) is 1.66. The van der Waals surface area contributed by atoms with Crippen LogP contribution >= 0.6 is 0 Å². The van der Waals surface area contributed by atoms with Crippen molar-refractivity contribution in [2.75, 3.05) is 6.54 Å². The Labute approximate surface area is 54.2 Å². The van der Waals surface area contributed by atoms with Gasteiger partial charge in [0.15, 0.2) is 0 Å². The third kappa shape index (κ3) is 0.802. The maximum Gasteiger partial charge on any atom is 0.106 e. The fourth-order valence-electron chi connectivity index (χ4n) is 1.11. The van der Waals surface area contributed by atoms with Crippen LogP contribution in [0.4, 0.5) is 0 Å². The molecule has 0 saturated carbocycles. The van der Waals surface area contributed by atoms with Gasteiger partial charge in [-0.05, 0) is 12.2 Å². The molecular formula is C7H8NO. The average molecular weight is 122 g/mol. The second kappa shape index (κ2) is 1.97. The summed E-state index contributed by atoms with van der Waals surface area (Å²) in [6.07, 6.45) is 9.22. The lowest BCUT2D eigenvalue weighted by molar-refractivity contribution is 0.0549. The van der Waals surface area contributed by atoms with Crippen molar-refractivity contribution in [3.63, 3.8) is 0 Å². The van der Waals surface area contributed by atoms with Crippen molar-refractivity contribution in [2.24, 2.45) is 5.92 Å². The van der Waals surface area contributed by atoms with Gasteiger partial charge in [-0.1, -0.05) is 12.2 Å². The minimum Gasteiger partial charge on any atom is -0.294 e. The third-order valence-electron chi connectivity index (χ3n) is 1.66. The van der Waals surface area contributed by atoms with Gasteiger partial charge in [-0.25, -0.2) is 5.48 Å². The summed E-state index contributed by atoms with van der Waals surface area (Å²) in [7, 11) is 0. The van der Waals surface area contributed by atoms with E-state index in [9.17, 15) is 0 Å². The first-order chi connectivity index (χ1) is 4.47. The van der Waals surface area contributed by atoms with Gasteiger partial charge in [0.25, 0.3) is 0 Å². The number of hydrogen-bond donors (Lipinski definition) is 1. The van der Waals surface area contributed by atoms with E-state index in [0.29, 0.717) is 5.92 Å². The predicted molar refractivity (Wildman–Crippen MR) is 33.3 cm³/mol. The van der Waals surface area contributed by atoms with Gasteiger partial charge in [-0.3, -0.25) is 4.84 Å². The molecule has 0 aromatic rings. The standard InChI is InChI=1S/C7H8NO/c1-2-4-7-6(3-1)5-8-9-7/h1,3-4,6-8H,5H2. The molecule has 0 spiro atoms. The molecular weight excluding hydrogens is 114 g/mol. The van der Waals surface area contributed by atoms with E-state index in [1.165, 1.54) is 0 Å².